The number of carbonyl (C=O) groups is 3. The summed E-state index contributed by atoms with van der Waals surface area (Å²) < 4.78 is 15.1. The summed E-state index contributed by atoms with van der Waals surface area (Å²) in [5.74, 6) is -1.84. The van der Waals surface area contributed by atoms with Crippen LogP contribution in [0.1, 0.15) is 33.6 Å². The van der Waals surface area contributed by atoms with Gasteiger partial charge in [0.1, 0.15) is 24.4 Å². The maximum absolute atomic E-state index is 11.7. The lowest BCUT2D eigenvalue weighted by atomic mass is 10.2. The molecule has 1 aliphatic rings. The highest BCUT2D eigenvalue weighted by molar-refractivity contribution is 5.83. The Balaban J connectivity index is 2.82. The van der Waals surface area contributed by atoms with Crippen LogP contribution in [0.2, 0.25) is 0 Å². The second-order valence-corrected chi connectivity index (χ2v) is 5.38. The number of hydrogen-bond donors (Lipinski definition) is 1. The number of cyclic esters (lactones) is 3. The molecule has 0 saturated heterocycles. The summed E-state index contributed by atoms with van der Waals surface area (Å²) in [6.07, 6.45) is 2.17. The number of aliphatic hydroxyl groups is 1. The molecule has 1 aliphatic heterocycles. The topological polar surface area (TPSA) is 99.1 Å². The Morgan fingerprint density at radius 1 is 0.957 bits per heavy atom. The van der Waals surface area contributed by atoms with Gasteiger partial charge in [0, 0.05) is 18.6 Å². The van der Waals surface area contributed by atoms with Gasteiger partial charge < -0.3 is 19.3 Å². The Morgan fingerprint density at radius 2 is 1.57 bits per heavy atom. The first-order valence-corrected chi connectivity index (χ1v) is 7.41. The standard InChI is InChI=1S/C16H22O7/c1-10-5-4-6-14(18)22-11(2)9-16(20)23-12(3)13(17)7-8-15(19)21-10/h4,6-8,10-13,17H,5,9H2,1-3H3/b6-4+,8-7+/t10-,11-,12-,13-/m0/s1. The summed E-state index contributed by atoms with van der Waals surface area (Å²) in [6, 6.07) is 0. The van der Waals surface area contributed by atoms with Crippen molar-refractivity contribution in [1.82, 2.24) is 0 Å². The molecule has 0 fully saturated rings. The third-order valence-electron chi connectivity index (χ3n) is 3.04. The first kappa shape index (κ1) is 18.9. The van der Waals surface area contributed by atoms with E-state index in [0.717, 1.165) is 6.08 Å². The Hall–Kier alpha value is -2.15. The third-order valence-corrected chi connectivity index (χ3v) is 3.04. The first-order chi connectivity index (χ1) is 10.8. The van der Waals surface area contributed by atoms with Crippen LogP contribution in [0.5, 0.6) is 0 Å². The molecule has 1 rings (SSSR count). The van der Waals surface area contributed by atoms with Crippen molar-refractivity contribution in [2.45, 2.75) is 58.0 Å². The Bertz CT molecular complexity index is 495. The smallest absolute Gasteiger partial charge is 0.330 e. The van der Waals surface area contributed by atoms with Crippen LogP contribution in [0.4, 0.5) is 0 Å². The summed E-state index contributed by atoms with van der Waals surface area (Å²) in [5.41, 5.74) is 0. The van der Waals surface area contributed by atoms with Crippen LogP contribution in [0.25, 0.3) is 0 Å². The van der Waals surface area contributed by atoms with Crippen molar-refractivity contribution in [3.05, 3.63) is 24.3 Å². The van der Waals surface area contributed by atoms with Gasteiger partial charge in [-0.3, -0.25) is 4.79 Å². The average Bonchev–Trinajstić information content (AvgIpc) is 2.43. The van der Waals surface area contributed by atoms with E-state index < -0.39 is 42.3 Å². The second kappa shape index (κ2) is 9.09. The lowest BCUT2D eigenvalue weighted by molar-refractivity contribution is -0.157. The van der Waals surface area contributed by atoms with E-state index in [1.807, 2.05) is 0 Å². The van der Waals surface area contributed by atoms with Gasteiger partial charge in [-0.1, -0.05) is 6.08 Å². The van der Waals surface area contributed by atoms with Gasteiger partial charge in [-0.15, -0.1) is 0 Å². The number of esters is 3. The molecule has 0 radical (unpaired) electrons. The fourth-order valence-corrected chi connectivity index (χ4v) is 1.81. The lowest BCUT2D eigenvalue weighted by Gasteiger charge is -2.18. The molecule has 0 aromatic rings. The second-order valence-electron chi connectivity index (χ2n) is 5.38. The first-order valence-electron chi connectivity index (χ1n) is 7.41. The fourth-order valence-electron chi connectivity index (χ4n) is 1.81. The van der Waals surface area contributed by atoms with Crippen LogP contribution in [-0.2, 0) is 28.6 Å². The van der Waals surface area contributed by atoms with Gasteiger partial charge in [0.15, 0.2) is 0 Å². The van der Waals surface area contributed by atoms with Crippen LogP contribution in [0.15, 0.2) is 24.3 Å². The van der Waals surface area contributed by atoms with E-state index in [-0.39, 0.29) is 6.42 Å². The predicted molar refractivity (Wildman–Crippen MR) is 80.2 cm³/mol. The highest BCUT2D eigenvalue weighted by Gasteiger charge is 2.20. The Morgan fingerprint density at radius 3 is 2.26 bits per heavy atom. The zero-order valence-corrected chi connectivity index (χ0v) is 13.4. The van der Waals surface area contributed by atoms with Crippen LogP contribution in [0.3, 0.4) is 0 Å². The van der Waals surface area contributed by atoms with Crippen molar-refractivity contribution in [2.75, 3.05) is 0 Å². The van der Waals surface area contributed by atoms with Gasteiger partial charge >= 0.3 is 17.9 Å². The summed E-state index contributed by atoms with van der Waals surface area (Å²) in [5, 5.41) is 9.83. The van der Waals surface area contributed by atoms with Gasteiger partial charge in [0.2, 0.25) is 0 Å². The quantitative estimate of drug-likeness (QED) is 0.524. The molecule has 4 atom stereocenters. The van der Waals surface area contributed by atoms with E-state index in [9.17, 15) is 19.5 Å². The number of hydrogen-bond acceptors (Lipinski definition) is 7. The summed E-state index contributed by atoms with van der Waals surface area (Å²) >= 11 is 0. The van der Waals surface area contributed by atoms with E-state index >= 15 is 0 Å². The van der Waals surface area contributed by atoms with E-state index in [1.54, 1.807) is 13.8 Å². The minimum absolute atomic E-state index is 0.126. The van der Waals surface area contributed by atoms with E-state index in [4.69, 9.17) is 14.2 Å². The molecule has 0 spiro atoms. The van der Waals surface area contributed by atoms with Gasteiger partial charge in [-0.25, -0.2) is 9.59 Å². The van der Waals surface area contributed by atoms with Gasteiger partial charge in [0.25, 0.3) is 0 Å². The van der Waals surface area contributed by atoms with Crippen LogP contribution in [0, 0.1) is 0 Å². The highest BCUT2D eigenvalue weighted by atomic mass is 16.6. The van der Waals surface area contributed by atoms with E-state index in [0.29, 0.717) is 6.42 Å². The molecular formula is C16H22O7. The maximum atomic E-state index is 11.7. The Labute approximate surface area is 134 Å². The molecule has 0 aromatic heterocycles. The normalized spacial score (nSPS) is 34.0. The highest BCUT2D eigenvalue weighted by Crippen LogP contribution is 2.08. The maximum Gasteiger partial charge on any atom is 0.330 e. The number of ether oxygens (including phenoxy) is 3. The van der Waals surface area contributed by atoms with Crippen LogP contribution >= 0.6 is 0 Å². The largest absolute Gasteiger partial charge is 0.459 e. The molecule has 1 N–H and O–H groups in total. The monoisotopic (exact) mass is 326 g/mol. The molecule has 0 aromatic carbocycles. The average molecular weight is 326 g/mol. The van der Waals surface area contributed by atoms with Crippen LogP contribution in [-0.4, -0.2) is 47.4 Å². The van der Waals surface area contributed by atoms with Gasteiger partial charge in [-0.2, -0.15) is 0 Å². The zero-order chi connectivity index (χ0) is 17.4. The Kier molecular flexibility index (Phi) is 7.47. The minimum Gasteiger partial charge on any atom is -0.459 e. The molecule has 7 heteroatoms. The molecule has 0 aliphatic carbocycles. The third kappa shape index (κ3) is 7.60. The molecule has 7 nitrogen and oxygen atoms in total. The molecule has 0 bridgehead atoms. The van der Waals surface area contributed by atoms with E-state index in [1.165, 1.54) is 25.2 Å². The van der Waals surface area contributed by atoms with Crippen LogP contribution < -0.4 is 0 Å². The number of rotatable bonds is 0. The summed E-state index contributed by atoms with van der Waals surface area (Å²) in [7, 11) is 0. The molecule has 0 amide bonds. The minimum atomic E-state index is -1.15. The molecule has 23 heavy (non-hydrogen) atoms. The molecule has 0 saturated carbocycles. The van der Waals surface area contributed by atoms with Crippen molar-refractivity contribution in [3.63, 3.8) is 0 Å². The lowest BCUT2D eigenvalue weighted by Crippen LogP contribution is -2.29. The van der Waals surface area contributed by atoms with Crippen molar-refractivity contribution >= 4 is 17.9 Å². The van der Waals surface area contributed by atoms with Gasteiger partial charge in [-0.05, 0) is 26.8 Å². The fraction of sp³-hybridized carbons (Fsp3) is 0.562. The van der Waals surface area contributed by atoms with Crippen molar-refractivity contribution in [1.29, 1.82) is 0 Å². The van der Waals surface area contributed by atoms with E-state index in [2.05, 4.69) is 0 Å². The summed E-state index contributed by atoms with van der Waals surface area (Å²) in [6.45, 7) is 4.74. The van der Waals surface area contributed by atoms with Crippen molar-refractivity contribution in [3.8, 4) is 0 Å². The van der Waals surface area contributed by atoms with Crippen molar-refractivity contribution in [2.24, 2.45) is 0 Å². The number of aliphatic hydroxyl groups excluding tert-OH is 1. The molecule has 1 heterocycles. The number of carbonyl (C=O) groups excluding carboxylic acids is 3. The predicted octanol–water partition coefficient (Wildman–Crippen LogP) is 1.05. The van der Waals surface area contributed by atoms with Gasteiger partial charge in [0.05, 0.1) is 6.42 Å². The molecule has 128 valence electrons. The SMILES string of the molecule is C[C@@H]1OC(=O)C[C@H](C)OC(=O)/C=C/C[C@H](C)OC(=O)/C=C/[C@@H]1O. The molecular weight excluding hydrogens is 304 g/mol. The molecule has 0 unspecified atom stereocenters. The summed E-state index contributed by atoms with van der Waals surface area (Å²) in [4.78, 5) is 34.8. The zero-order valence-electron chi connectivity index (χ0n) is 13.4. The van der Waals surface area contributed by atoms with Crippen molar-refractivity contribution < 1.29 is 33.7 Å².